The number of aliphatic hydroxyl groups excluding tert-OH is 1. The number of nitrogens with zero attached hydrogens (tertiary/aromatic N) is 6. The normalized spacial score (nSPS) is 11.2. The highest BCUT2D eigenvalue weighted by molar-refractivity contribution is 6.06. The summed E-state index contributed by atoms with van der Waals surface area (Å²) < 4.78 is 4.90. The van der Waals surface area contributed by atoms with Crippen molar-refractivity contribution in [2.45, 2.75) is 6.61 Å². The SMILES string of the molecule is COC(=O)c1cccc2cc(-c3cc(Nc4ccnc(N)n4)cc4cn[nH]c34)[nH]c12.Nc1nccc(Nc2cc(-c3cc4cccc(CO)c4[nH]3)c3[nH]ncc3c2)n1. The standard InChI is InChI=1S/C21H17N7O2.C20H17N7O/c1-30-20(29)14-4-2-3-11-8-16(26-18(11)14)15-9-13(7-12-10-24-28-19(12)15)25-17-5-6-23-21(22)27-17;21-20-22-5-4-17(26-20)24-14-6-13-9-23-27-19(13)15(8-14)16-7-11-2-1-3-12(10-28)18(11)25-16/h2-10,26H,1H3,(H,24,28)(H3,22,23,25,27);1-9,25,28H,10H2,(H,23,27)(H3,21,22,24,26). The molecule has 0 amide bonds. The Bertz CT molecular complexity index is 3130. The van der Waals surface area contributed by atoms with Crippen LogP contribution in [0.1, 0.15) is 15.9 Å². The van der Waals surface area contributed by atoms with Crippen molar-refractivity contribution in [1.29, 1.82) is 0 Å². The molecule has 0 atom stereocenters. The maximum absolute atomic E-state index is 12.1. The second-order valence-corrected chi connectivity index (χ2v) is 13.2. The zero-order valence-electron chi connectivity index (χ0n) is 30.7. The summed E-state index contributed by atoms with van der Waals surface area (Å²) in [7, 11) is 1.37. The van der Waals surface area contributed by atoms with Crippen LogP contribution in [0.25, 0.3) is 66.1 Å². The average molecular weight is 771 g/mol. The molecule has 6 aromatic heterocycles. The van der Waals surface area contributed by atoms with Gasteiger partial charge in [-0.2, -0.15) is 20.2 Å². The van der Waals surface area contributed by atoms with E-state index in [0.717, 1.165) is 77.5 Å². The number of nitrogen functional groups attached to an aromatic ring is 2. The third-order valence-electron chi connectivity index (χ3n) is 9.55. The van der Waals surface area contributed by atoms with Gasteiger partial charge in [0, 0.05) is 73.4 Å². The van der Waals surface area contributed by atoms with Crippen LogP contribution in [-0.4, -0.2) is 68.5 Å². The number of carbonyl (C=O) groups is 1. The number of benzene rings is 4. The number of aromatic amines is 4. The summed E-state index contributed by atoms with van der Waals surface area (Å²) in [6.07, 6.45) is 6.73. The van der Waals surface area contributed by atoms with Gasteiger partial charge in [0.1, 0.15) is 11.6 Å². The molecule has 0 aliphatic heterocycles. The van der Waals surface area contributed by atoms with Crippen molar-refractivity contribution in [2.24, 2.45) is 0 Å². The van der Waals surface area contributed by atoms with E-state index in [1.165, 1.54) is 7.11 Å². The van der Waals surface area contributed by atoms with E-state index in [1.807, 2.05) is 60.7 Å². The summed E-state index contributed by atoms with van der Waals surface area (Å²) >= 11 is 0. The molecular weight excluding hydrogens is 737 g/mol. The molecule has 0 bridgehead atoms. The van der Waals surface area contributed by atoms with E-state index < -0.39 is 5.97 Å². The fourth-order valence-corrected chi connectivity index (χ4v) is 6.94. The van der Waals surface area contributed by atoms with Crippen molar-refractivity contribution in [3.8, 4) is 22.5 Å². The molecule has 4 aromatic carbocycles. The Balaban J connectivity index is 0.000000151. The summed E-state index contributed by atoms with van der Waals surface area (Å²) in [4.78, 5) is 35.1. The molecule has 0 unspecified atom stereocenters. The van der Waals surface area contributed by atoms with Crippen LogP contribution in [0.2, 0.25) is 0 Å². The van der Waals surface area contributed by atoms with E-state index in [1.54, 1.807) is 43.0 Å². The lowest BCUT2D eigenvalue weighted by Gasteiger charge is -2.09. The Labute approximate surface area is 327 Å². The van der Waals surface area contributed by atoms with Gasteiger partial charge in [-0.1, -0.05) is 30.3 Å². The number of nitrogens with one attached hydrogen (secondary N) is 6. The molecule has 0 radical (unpaired) electrons. The van der Waals surface area contributed by atoms with Gasteiger partial charge < -0.3 is 41.9 Å². The second kappa shape index (κ2) is 14.7. The quantitative estimate of drug-likeness (QED) is 0.0711. The summed E-state index contributed by atoms with van der Waals surface area (Å²) in [5.74, 6) is 1.20. The molecular formula is C41H34N14O3. The fraction of sp³-hybridized carbons (Fsp3) is 0.0488. The smallest absolute Gasteiger partial charge is 0.339 e. The Morgan fingerprint density at radius 3 is 1.74 bits per heavy atom. The number of fused-ring (bicyclic) bond motifs is 4. The van der Waals surface area contributed by atoms with E-state index in [0.29, 0.717) is 22.7 Å². The lowest BCUT2D eigenvalue weighted by Crippen LogP contribution is -2.01. The molecule has 58 heavy (non-hydrogen) atoms. The molecule has 17 nitrogen and oxygen atoms in total. The number of H-pyrrole nitrogens is 4. The van der Waals surface area contributed by atoms with Crippen molar-refractivity contribution >= 4 is 84.5 Å². The van der Waals surface area contributed by atoms with Gasteiger partial charge in [0.25, 0.3) is 0 Å². The molecule has 286 valence electrons. The number of hydrogen-bond acceptors (Lipinski definition) is 13. The molecule has 17 heteroatoms. The first-order valence-electron chi connectivity index (χ1n) is 17.9. The van der Waals surface area contributed by atoms with E-state index in [4.69, 9.17) is 16.2 Å². The van der Waals surface area contributed by atoms with Gasteiger partial charge in [0.05, 0.1) is 53.7 Å². The molecule has 0 spiro atoms. The first-order chi connectivity index (χ1) is 28.3. The number of rotatable bonds is 8. The molecule has 0 aliphatic rings. The molecule has 0 saturated heterocycles. The number of nitrogens with two attached hydrogens (primary N) is 2. The monoisotopic (exact) mass is 770 g/mol. The zero-order valence-corrected chi connectivity index (χ0v) is 30.7. The maximum atomic E-state index is 12.1. The zero-order chi connectivity index (χ0) is 39.8. The van der Waals surface area contributed by atoms with Crippen LogP contribution in [0.3, 0.4) is 0 Å². The van der Waals surface area contributed by atoms with Gasteiger partial charge >= 0.3 is 5.97 Å². The van der Waals surface area contributed by atoms with Crippen molar-refractivity contribution in [3.05, 3.63) is 121 Å². The highest BCUT2D eigenvalue weighted by Gasteiger charge is 2.17. The maximum Gasteiger partial charge on any atom is 0.339 e. The first-order valence-corrected chi connectivity index (χ1v) is 17.9. The third-order valence-corrected chi connectivity index (χ3v) is 9.55. The summed E-state index contributed by atoms with van der Waals surface area (Å²) in [5.41, 5.74) is 21.4. The highest BCUT2D eigenvalue weighted by Crippen LogP contribution is 2.36. The van der Waals surface area contributed by atoms with E-state index in [-0.39, 0.29) is 18.5 Å². The number of anilines is 6. The van der Waals surface area contributed by atoms with Crippen LogP contribution >= 0.6 is 0 Å². The lowest BCUT2D eigenvalue weighted by molar-refractivity contribution is 0.0602. The summed E-state index contributed by atoms with van der Waals surface area (Å²) in [6.45, 7) is -0.0203. The van der Waals surface area contributed by atoms with E-state index in [9.17, 15) is 9.90 Å². The predicted molar refractivity (Wildman–Crippen MR) is 223 cm³/mol. The first kappa shape index (κ1) is 35.4. The van der Waals surface area contributed by atoms with Gasteiger partial charge in [-0.05, 0) is 54.6 Å². The largest absolute Gasteiger partial charge is 0.465 e. The number of carbonyl (C=O) groups excluding carboxylic acids is 1. The lowest BCUT2D eigenvalue weighted by atomic mass is 10.1. The number of hydrogen-bond donors (Lipinski definition) is 9. The van der Waals surface area contributed by atoms with Gasteiger partial charge in [-0.25, -0.2) is 14.8 Å². The van der Waals surface area contributed by atoms with Crippen molar-refractivity contribution in [2.75, 3.05) is 29.2 Å². The summed E-state index contributed by atoms with van der Waals surface area (Å²) in [6, 6.07) is 26.9. The molecule has 11 N–H and O–H groups in total. The number of aliphatic hydroxyl groups is 1. The number of esters is 1. The molecule has 10 aromatic rings. The minimum atomic E-state index is -0.391. The summed E-state index contributed by atoms with van der Waals surface area (Å²) in [5, 5.41) is 34.4. The van der Waals surface area contributed by atoms with Crippen LogP contribution < -0.4 is 22.1 Å². The fourth-order valence-electron chi connectivity index (χ4n) is 6.94. The van der Waals surface area contributed by atoms with Crippen LogP contribution in [0.4, 0.5) is 34.9 Å². The van der Waals surface area contributed by atoms with E-state index in [2.05, 4.69) is 67.0 Å². The van der Waals surface area contributed by atoms with Gasteiger partial charge in [0.15, 0.2) is 0 Å². The van der Waals surface area contributed by atoms with Gasteiger partial charge in [0.2, 0.25) is 11.9 Å². The van der Waals surface area contributed by atoms with Crippen molar-refractivity contribution in [3.63, 3.8) is 0 Å². The van der Waals surface area contributed by atoms with E-state index >= 15 is 0 Å². The second-order valence-electron chi connectivity index (χ2n) is 13.2. The van der Waals surface area contributed by atoms with Gasteiger partial charge in [-0.3, -0.25) is 10.2 Å². The van der Waals surface area contributed by atoms with Crippen LogP contribution in [0, 0.1) is 0 Å². The van der Waals surface area contributed by atoms with Crippen LogP contribution in [-0.2, 0) is 11.3 Å². The minimum Gasteiger partial charge on any atom is -0.465 e. The highest BCUT2D eigenvalue weighted by atomic mass is 16.5. The van der Waals surface area contributed by atoms with Crippen molar-refractivity contribution in [1.82, 2.24) is 50.3 Å². The minimum absolute atomic E-state index is 0.0203. The molecule has 0 saturated carbocycles. The average Bonchev–Trinajstić information content (AvgIpc) is 4.06. The molecule has 6 heterocycles. The number of para-hydroxylation sites is 2. The number of aromatic nitrogens is 10. The Morgan fingerprint density at radius 2 is 1.21 bits per heavy atom. The number of methoxy groups -OCH3 is 1. The van der Waals surface area contributed by atoms with Crippen LogP contribution in [0.15, 0.2) is 110 Å². The predicted octanol–water partition coefficient (Wildman–Crippen LogP) is 6.93. The Morgan fingerprint density at radius 1 is 0.672 bits per heavy atom. The van der Waals surface area contributed by atoms with Crippen LogP contribution in [0.5, 0.6) is 0 Å². The molecule has 0 fully saturated rings. The molecule has 0 aliphatic carbocycles. The number of ether oxygens (including phenoxy) is 1. The van der Waals surface area contributed by atoms with Crippen molar-refractivity contribution < 1.29 is 14.6 Å². The Hall–Kier alpha value is -8.31. The topological polar surface area (TPSA) is 263 Å². The molecule has 10 rings (SSSR count). The third kappa shape index (κ3) is 6.80. The Kier molecular flexibility index (Phi) is 8.99. The van der Waals surface area contributed by atoms with Gasteiger partial charge in [-0.15, -0.1) is 0 Å².